The molecule has 0 aromatic heterocycles. The van der Waals surface area contributed by atoms with Gasteiger partial charge in [-0.05, 0) is 69.8 Å². The van der Waals surface area contributed by atoms with E-state index in [0.717, 1.165) is 29.5 Å². The molecule has 3 N–H and O–H groups in total. The first-order valence-electron chi connectivity index (χ1n) is 10.3. The number of hydrogen-bond donors (Lipinski definition) is 3. The van der Waals surface area contributed by atoms with E-state index in [0.29, 0.717) is 18.2 Å². The van der Waals surface area contributed by atoms with Gasteiger partial charge in [0.1, 0.15) is 17.4 Å². The van der Waals surface area contributed by atoms with Crippen LogP contribution in [0.25, 0.3) is 0 Å². The lowest BCUT2D eigenvalue weighted by atomic mass is 9.79. The molecule has 0 atom stereocenters. The Morgan fingerprint density at radius 2 is 1.35 bits per heavy atom. The molecule has 0 bridgehead atoms. The third-order valence-corrected chi connectivity index (χ3v) is 7.44. The maximum Gasteiger partial charge on any atom is 0.123 e. The van der Waals surface area contributed by atoms with Crippen molar-refractivity contribution in [3.63, 3.8) is 0 Å². The summed E-state index contributed by atoms with van der Waals surface area (Å²) in [5, 5.41) is 17.9. The Balaban J connectivity index is 0.00000233. The van der Waals surface area contributed by atoms with Gasteiger partial charge in [-0.15, -0.1) is 0 Å². The predicted octanol–water partition coefficient (Wildman–Crippen LogP) is 6.30. The molecule has 176 valence electrons. The molecular weight excluding hydrogens is 430 g/mol. The van der Waals surface area contributed by atoms with Crippen molar-refractivity contribution in [3.05, 3.63) is 53.1 Å². The first-order chi connectivity index (χ1) is 14.3. The van der Waals surface area contributed by atoms with Gasteiger partial charge in [-0.3, -0.25) is 0 Å². The summed E-state index contributed by atoms with van der Waals surface area (Å²) in [6.45, 7) is 13.3. The van der Waals surface area contributed by atoms with Crippen LogP contribution >= 0.6 is 21.8 Å². The van der Waals surface area contributed by atoms with Crippen LogP contribution < -0.4 is 9.57 Å². The van der Waals surface area contributed by atoms with Crippen molar-refractivity contribution < 1.29 is 14.9 Å². The molecule has 0 radical (unpaired) electrons. The second-order valence-electron chi connectivity index (χ2n) is 10.1. The minimum Gasteiger partial charge on any atom is -0.507 e. The topological polar surface area (TPSA) is 61.7 Å². The smallest absolute Gasteiger partial charge is 0.123 e. The minimum absolute atomic E-state index is 0.169. The second-order valence-corrected chi connectivity index (χ2v) is 14.2. The number of phenols is 1. The summed E-state index contributed by atoms with van der Waals surface area (Å²) in [6, 6.07) is 12.5. The van der Waals surface area contributed by atoms with Crippen molar-refractivity contribution in [1.29, 1.82) is 0 Å². The molecule has 0 heterocycles. The summed E-state index contributed by atoms with van der Waals surface area (Å²) in [4.78, 5) is 3.96. The number of aliphatic hydroxyl groups is 1. The van der Waals surface area contributed by atoms with Gasteiger partial charge in [-0.25, -0.2) is 4.84 Å². The predicted molar refractivity (Wildman–Crippen MR) is 136 cm³/mol. The Morgan fingerprint density at radius 1 is 0.903 bits per heavy atom. The molecule has 0 aliphatic rings. The summed E-state index contributed by atoms with van der Waals surface area (Å²) < 4.78 is 6.32. The highest BCUT2D eigenvalue weighted by Gasteiger charge is 2.27. The van der Waals surface area contributed by atoms with Gasteiger partial charge in [0.25, 0.3) is 0 Å². The van der Waals surface area contributed by atoms with E-state index in [1.165, 1.54) is 4.90 Å². The molecular formula is C25H40ClNO3S. The van der Waals surface area contributed by atoms with E-state index in [-0.39, 0.29) is 10.8 Å². The average Bonchev–Trinajstić information content (AvgIpc) is 2.67. The van der Waals surface area contributed by atoms with Gasteiger partial charge in [0.05, 0.1) is 0 Å². The number of nitrogens with one attached hydrogen (secondary N) is 1. The lowest BCUT2D eigenvalue weighted by molar-refractivity contribution is 0.378. The van der Waals surface area contributed by atoms with E-state index in [4.69, 9.17) is 21.6 Å². The number of benzene rings is 2. The summed E-state index contributed by atoms with van der Waals surface area (Å²) in [6.07, 6.45) is 4.52. The van der Waals surface area contributed by atoms with Gasteiger partial charge >= 0.3 is 0 Å². The van der Waals surface area contributed by atoms with Crippen LogP contribution in [0.3, 0.4) is 0 Å². The molecule has 31 heavy (non-hydrogen) atoms. The fourth-order valence-corrected chi connectivity index (χ4v) is 4.76. The highest BCUT2D eigenvalue weighted by atomic mass is 35.5. The molecule has 0 aliphatic heterocycles. The van der Waals surface area contributed by atoms with Crippen molar-refractivity contribution in [2.24, 2.45) is 0 Å². The summed E-state index contributed by atoms with van der Waals surface area (Å²) in [5.74, 6) is 1.83. The molecule has 2 aromatic carbocycles. The van der Waals surface area contributed by atoms with Crippen LogP contribution in [0.4, 0.5) is 0 Å². The zero-order valence-corrected chi connectivity index (χ0v) is 22.0. The van der Waals surface area contributed by atoms with Gasteiger partial charge in [0.2, 0.25) is 0 Å². The summed E-state index contributed by atoms with van der Waals surface area (Å²) >= 11 is 5.60. The van der Waals surface area contributed by atoms with Crippen LogP contribution in [0, 0.1) is 0 Å². The molecule has 0 aliphatic carbocycles. The summed E-state index contributed by atoms with van der Waals surface area (Å²) in [5.41, 5.74) is 2.66. The van der Waals surface area contributed by atoms with Crippen LogP contribution in [-0.2, 0) is 17.4 Å². The largest absolute Gasteiger partial charge is 0.507 e. The number of rotatable bonds is 6. The SMILES string of the molecule is CC(C)(C)c1cc(OCS(C)(C)c2ccc(CNCl)cc2)cc(C(C)(C)C)c1O.CO. The fraction of sp³-hybridized carbons (Fsp3) is 0.520. The average molecular weight is 470 g/mol. The first kappa shape index (κ1) is 27.6. The number of ether oxygens (including phenoxy) is 1. The zero-order valence-electron chi connectivity index (χ0n) is 20.5. The molecule has 0 saturated carbocycles. The normalized spacial score (nSPS) is 12.7. The van der Waals surface area contributed by atoms with E-state index >= 15 is 0 Å². The maximum absolute atomic E-state index is 10.9. The molecule has 2 aromatic rings. The van der Waals surface area contributed by atoms with Crippen LogP contribution in [0.2, 0.25) is 0 Å². The number of aromatic hydroxyl groups is 1. The number of phenolic OH excluding ortho intramolecular Hbond substituents is 1. The van der Waals surface area contributed by atoms with Crippen molar-refractivity contribution in [1.82, 2.24) is 4.84 Å². The third-order valence-electron chi connectivity index (χ3n) is 5.05. The van der Waals surface area contributed by atoms with Gasteiger partial charge in [0, 0.05) is 24.8 Å². The number of aliphatic hydroxyl groups excluding tert-OH is 1. The molecule has 0 unspecified atom stereocenters. The standard InChI is InChI=1S/C24H36ClNO2S.CH4O/c1-23(2,3)20-13-18(14-21(22(20)27)24(4,5)6)28-16-29(7,8)19-11-9-17(10-12-19)15-26-25;1-2/h9-14,26-27H,15-16H2,1-8H3;2H,1H3. The molecule has 0 amide bonds. The van der Waals surface area contributed by atoms with Gasteiger partial charge < -0.3 is 14.9 Å². The van der Waals surface area contributed by atoms with Crippen molar-refractivity contribution in [3.8, 4) is 11.5 Å². The molecule has 0 spiro atoms. The number of hydrogen-bond acceptors (Lipinski definition) is 4. The van der Waals surface area contributed by atoms with E-state index in [2.05, 4.69) is 83.2 Å². The van der Waals surface area contributed by atoms with Crippen molar-refractivity contribution in [2.75, 3.05) is 25.6 Å². The van der Waals surface area contributed by atoms with Crippen LogP contribution in [0.5, 0.6) is 11.5 Å². The summed E-state index contributed by atoms with van der Waals surface area (Å²) in [7, 11) is -0.135. The molecule has 6 heteroatoms. The quantitative estimate of drug-likeness (QED) is 0.434. The maximum atomic E-state index is 10.9. The van der Waals surface area contributed by atoms with E-state index < -0.39 is 10.0 Å². The Hall–Kier alpha value is -1.40. The van der Waals surface area contributed by atoms with Crippen LogP contribution in [-0.4, -0.2) is 35.8 Å². The minimum atomic E-state index is -1.14. The molecule has 2 rings (SSSR count). The Bertz CT molecular complexity index is 802. The second kappa shape index (κ2) is 11.0. The lowest BCUT2D eigenvalue weighted by Gasteiger charge is -2.33. The van der Waals surface area contributed by atoms with Crippen molar-refractivity contribution in [2.45, 2.75) is 63.8 Å². The van der Waals surface area contributed by atoms with Crippen LogP contribution in [0.1, 0.15) is 58.2 Å². The molecule has 4 nitrogen and oxygen atoms in total. The Morgan fingerprint density at radius 3 is 1.74 bits per heavy atom. The van der Waals surface area contributed by atoms with Crippen LogP contribution in [0.15, 0.2) is 41.3 Å². The van der Waals surface area contributed by atoms with E-state index in [9.17, 15) is 5.11 Å². The van der Waals surface area contributed by atoms with Gasteiger partial charge in [0.15, 0.2) is 0 Å². The van der Waals surface area contributed by atoms with Crippen molar-refractivity contribution >= 4 is 21.8 Å². The van der Waals surface area contributed by atoms with Gasteiger partial charge in [-0.2, -0.15) is 10.0 Å². The fourth-order valence-electron chi connectivity index (χ4n) is 3.17. The van der Waals surface area contributed by atoms with Gasteiger partial charge in [-0.1, -0.05) is 53.7 Å². The first-order valence-corrected chi connectivity index (χ1v) is 13.3. The Labute approximate surface area is 195 Å². The zero-order chi connectivity index (χ0) is 24.0. The molecule has 0 saturated heterocycles. The molecule has 0 fully saturated rings. The Kier molecular flexibility index (Phi) is 9.76. The van der Waals surface area contributed by atoms with E-state index in [1.807, 2.05) is 12.1 Å². The third kappa shape index (κ3) is 7.60. The highest BCUT2D eigenvalue weighted by molar-refractivity contribution is 8.32. The monoisotopic (exact) mass is 469 g/mol. The number of halogens is 1. The highest BCUT2D eigenvalue weighted by Crippen LogP contribution is 2.49. The lowest BCUT2D eigenvalue weighted by Crippen LogP contribution is -2.18. The van der Waals surface area contributed by atoms with E-state index in [1.54, 1.807) is 0 Å².